The number of urea groups is 2. The quantitative estimate of drug-likeness (QED) is 0.0154. The first-order chi connectivity index (χ1) is 44.5. The Morgan fingerprint density at radius 2 is 1.33 bits per heavy atom. The zero-order valence-electron chi connectivity index (χ0n) is 50.8. The lowest BCUT2D eigenvalue weighted by molar-refractivity contribution is -0.193. The molecule has 1 atom stereocenters. The van der Waals surface area contributed by atoms with Crippen molar-refractivity contribution < 1.29 is 129 Å². The molecule has 96 heavy (non-hydrogen) atoms. The van der Waals surface area contributed by atoms with Gasteiger partial charge in [0.05, 0.1) is 72.0 Å². The third-order valence-electron chi connectivity index (χ3n) is 10.9. The van der Waals surface area contributed by atoms with Gasteiger partial charge < -0.3 is 48.2 Å². The van der Waals surface area contributed by atoms with Crippen molar-refractivity contribution >= 4 is 104 Å². The highest BCUT2D eigenvalue weighted by atomic mass is 35.5. The molecule has 2 aliphatic rings. The summed E-state index contributed by atoms with van der Waals surface area (Å²) in [5, 5.41) is 22.9. The predicted octanol–water partition coefficient (Wildman–Crippen LogP) is 7.32. The first-order valence-corrected chi connectivity index (χ1v) is 34.1. The third-order valence-corrected chi connectivity index (χ3v) is 14.6. The van der Waals surface area contributed by atoms with E-state index in [0.717, 1.165) is 49.9 Å². The van der Waals surface area contributed by atoms with E-state index >= 15 is 0 Å². The SMILES string of the molecule is CC(C)=C1OC(=O)N(c2cc(OC3CCCC3)c(Cl)cc2F)C1=O.COc1nc(C)nc(NC(=O)NS(=O)(=O)c2ccccc2CCC(F)(F)F)n1.C[S+](C)C.O=C(Nc1nc(OC(F)F)cc(OC(F)F)n1)NS(=O)(=O)c1ccccc1C(=O)O.O=C(O)CNCP(=O)([O-])O. The van der Waals surface area contributed by atoms with Crippen LogP contribution in [0.4, 0.5) is 67.1 Å². The van der Waals surface area contributed by atoms with E-state index in [1.54, 1.807) is 23.9 Å². The topological polar surface area (TPSA) is 446 Å². The molecule has 1 aliphatic heterocycles. The molecule has 31 nitrogen and oxygen atoms in total. The second kappa shape index (κ2) is 36.9. The van der Waals surface area contributed by atoms with Crippen molar-refractivity contribution in [3.05, 3.63) is 106 Å². The number of carbonyl (C=O) groups is 6. The van der Waals surface area contributed by atoms with Crippen LogP contribution >= 0.6 is 19.2 Å². The van der Waals surface area contributed by atoms with Crippen LogP contribution in [0.15, 0.2) is 87.9 Å². The molecular formula is C52H59ClF8N11O20PS3. The zero-order valence-corrected chi connectivity index (χ0v) is 54.9. The van der Waals surface area contributed by atoms with Crippen molar-refractivity contribution in [2.24, 2.45) is 0 Å². The van der Waals surface area contributed by atoms with Gasteiger partial charge in [0.15, 0.2) is 5.76 Å². The molecule has 2 aromatic heterocycles. The Kier molecular flexibility index (Phi) is 31.3. The summed E-state index contributed by atoms with van der Waals surface area (Å²) in [6.07, 6.45) is 2.68. The largest absolute Gasteiger partial charge is 0.778 e. The number of methoxy groups -OCH3 is 1. The number of rotatable bonds is 21. The number of cyclic esters (lactones) is 1. The van der Waals surface area contributed by atoms with Gasteiger partial charge in [-0.25, -0.2) is 54.7 Å². The fourth-order valence-corrected chi connectivity index (χ4v) is 10.1. The molecule has 44 heteroatoms. The summed E-state index contributed by atoms with van der Waals surface area (Å²) in [6.45, 7) is -2.52. The molecule has 0 spiro atoms. The summed E-state index contributed by atoms with van der Waals surface area (Å²) in [6, 6.07) is 9.36. The summed E-state index contributed by atoms with van der Waals surface area (Å²) in [5.74, 6) is -7.01. The number of amides is 6. The second-order valence-corrected chi connectivity index (χ2v) is 27.1. The number of nitrogens with zero attached hydrogens (tertiary/aromatic N) is 6. The number of nitrogens with one attached hydrogen (secondary N) is 5. The summed E-state index contributed by atoms with van der Waals surface area (Å²) < 4.78 is 187. The Morgan fingerprint density at radius 3 is 1.81 bits per heavy atom. The Labute approximate surface area is 548 Å². The molecule has 5 aromatic rings. The molecule has 1 aliphatic carbocycles. The predicted molar refractivity (Wildman–Crippen MR) is 321 cm³/mol. The van der Waals surface area contributed by atoms with Crippen LogP contribution in [0.1, 0.15) is 67.7 Å². The number of aryl methyl sites for hydroxylation is 2. The number of halogens is 9. The maximum atomic E-state index is 14.3. The monoisotopic (exact) mass is 1470 g/mol. The van der Waals surface area contributed by atoms with Gasteiger partial charge in [-0.1, -0.05) is 41.9 Å². The van der Waals surface area contributed by atoms with Crippen LogP contribution < -0.4 is 54.1 Å². The van der Waals surface area contributed by atoms with Crippen molar-refractivity contribution in [2.75, 3.05) is 54.2 Å². The van der Waals surface area contributed by atoms with Gasteiger partial charge in [0.1, 0.15) is 29.9 Å². The highest BCUT2D eigenvalue weighted by molar-refractivity contribution is 7.94. The van der Waals surface area contributed by atoms with Crippen LogP contribution in [0.3, 0.4) is 0 Å². The van der Waals surface area contributed by atoms with E-state index < -0.39 is 148 Å². The molecule has 7 rings (SSSR count). The number of ether oxygens (including phenoxy) is 5. The van der Waals surface area contributed by atoms with E-state index in [4.69, 9.17) is 40.9 Å². The van der Waals surface area contributed by atoms with Crippen LogP contribution in [-0.4, -0.2) is 157 Å². The molecule has 1 saturated heterocycles. The number of anilines is 3. The number of sulfonamides is 2. The summed E-state index contributed by atoms with van der Waals surface area (Å²) in [5.41, 5.74) is -0.405. The lowest BCUT2D eigenvalue weighted by Crippen LogP contribution is -2.35. The molecule has 0 radical (unpaired) electrons. The number of allylic oxidation sites excluding steroid dienone is 1. The number of hydrogen-bond donors (Lipinski definition) is 8. The normalized spacial score (nSPS) is 13.6. The van der Waals surface area contributed by atoms with Crippen LogP contribution in [0.25, 0.3) is 0 Å². The number of hydrogen-bond acceptors (Lipinski definition) is 23. The number of aliphatic carboxylic acids is 1. The highest BCUT2D eigenvalue weighted by Crippen LogP contribution is 2.38. The highest BCUT2D eigenvalue weighted by Gasteiger charge is 2.41. The number of benzene rings is 3. The van der Waals surface area contributed by atoms with E-state index in [1.807, 2.05) is 5.32 Å². The lowest BCUT2D eigenvalue weighted by Gasteiger charge is -2.18. The number of aromatic nitrogens is 5. The van der Waals surface area contributed by atoms with Gasteiger partial charge in [-0.3, -0.25) is 25.5 Å². The van der Waals surface area contributed by atoms with Gasteiger partial charge in [-0.05, 0) is 99.2 Å². The molecular weight excluding hydrogens is 1410 g/mol. The molecule has 2 fully saturated rings. The summed E-state index contributed by atoms with van der Waals surface area (Å²) in [4.78, 5) is 105. The Balaban J connectivity index is 0.000000342. The van der Waals surface area contributed by atoms with Crippen LogP contribution in [0, 0.1) is 12.7 Å². The minimum Gasteiger partial charge on any atom is -0.778 e. The Hall–Kier alpha value is -8.80. The van der Waals surface area contributed by atoms with Gasteiger partial charge in [0, 0.05) is 12.5 Å². The molecule has 6 amide bonds. The fourth-order valence-electron chi connectivity index (χ4n) is 7.26. The molecule has 1 unspecified atom stereocenters. The molecule has 528 valence electrons. The van der Waals surface area contributed by atoms with Crippen molar-refractivity contribution in [2.45, 2.75) is 94.6 Å². The number of alkyl halides is 7. The van der Waals surface area contributed by atoms with Crippen molar-refractivity contribution in [1.29, 1.82) is 0 Å². The zero-order chi connectivity index (χ0) is 72.6. The standard InChI is InChI=1S/C17H17ClFNO4.C15H16F3N5O4S.C14H10F4N4O7S.C3H8NO5P.C3H9S/c1-9(2)15-16(21)20(17(22)24-15)13-8-14(11(18)7-12(13)19)23-10-5-3-4-6-10;1-9-19-12(22-14(20-9)27-2)21-13(24)23-28(25,26)11-6-4-3-5-10(11)7-8-15(16,17)18;15-11(16)28-8-5-9(29-12(17)18)20-13(19-8)21-14(25)22-30(26,27)7-4-2-1-3-6(7)10(23)24;5-3(6)1-4-2-10(7,8)9;1-4(2)3/h7-8,10H,3-6H2,1-2H3;3-6H,7-8H2,1-2H3,(H2,19,20,21,22,23,24);1-5,11-12H,(H,23,24)(H2,19,20,21,22,25);4H,1-2H2,(H,5,6)(H2,7,8,9);1-3H3/q;;;;+1/p-1. The fraction of sp³-hybridized carbons (Fsp3) is 0.365. The van der Waals surface area contributed by atoms with Crippen molar-refractivity contribution in [1.82, 2.24) is 39.7 Å². The number of carbonyl (C=O) groups excluding carboxylic acids is 4. The van der Waals surface area contributed by atoms with E-state index in [0.29, 0.717) is 27.4 Å². The smallest absolute Gasteiger partial charge is 0.427 e. The number of carboxylic acids is 2. The number of carboxylic acid groups (broad SMARTS) is 2. The molecule has 0 bridgehead atoms. The van der Waals surface area contributed by atoms with Gasteiger partial charge >= 0.3 is 61.4 Å². The van der Waals surface area contributed by atoms with Crippen LogP contribution in [-0.2, 0) is 56.3 Å². The van der Waals surface area contributed by atoms with E-state index in [9.17, 15) is 90.2 Å². The van der Waals surface area contributed by atoms with Crippen LogP contribution in [0.5, 0.6) is 23.5 Å². The average molecular weight is 1470 g/mol. The first kappa shape index (κ1) is 81.4. The minimum atomic E-state index is -4.71. The van der Waals surface area contributed by atoms with Gasteiger partial charge in [-0.2, -0.15) is 55.7 Å². The Bertz CT molecular complexity index is 3860. The average Bonchev–Trinajstić information content (AvgIpc) is 1.57. The maximum absolute atomic E-state index is 14.3. The van der Waals surface area contributed by atoms with Crippen molar-refractivity contribution in [3.8, 4) is 23.5 Å². The molecule has 3 heterocycles. The summed E-state index contributed by atoms with van der Waals surface area (Å²) >= 11 is 6.04. The molecule has 1 saturated carbocycles. The van der Waals surface area contributed by atoms with Gasteiger partial charge in [-0.15, -0.1) is 0 Å². The van der Waals surface area contributed by atoms with Gasteiger partial charge in [0.25, 0.3) is 20.0 Å². The van der Waals surface area contributed by atoms with E-state index in [2.05, 4.69) is 58.5 Å². The Morgan fingerprint density at radius 1 is 0.823 bits per heavy atom. The number of aromatic carboxylic acids is 1. The molecule has 8 N–H and O–H groups in total. The summed E-state index contributed by atoms with van der Waals surface area (Å²) in [7, 11) is -11.6. The van der Waals surface area contributed by atoms with Crippen molar-refractivity contribution in [3.63, 3.8) is 0 Å². The maximum Gasteiger partial charge on any atom is 0.427 e. The van der Waals surface area contributed by atoms with Gasteiger partial charge in [0.2, 0.25) is 23.7 Å². The minimum absolute atomic E-state index is 0.00962. The second-order valence-electron chi connectivity index (χ2n) is 19.4. The third kappa shape index (κ3) is 28.7. The molecule has 3 aromatic carbocycles. The van der Waals surface area contributed by atoms with E-state index in [1.165, 1.54) is 55.2 Å². The van der Waals surface area contributed by atoms with Crippen LogP contribution in [0.2, 0.25) is 5.02 Å². The van der Waals surface area contributed by atoms with E-state index in [-0.39, 0.29) is 51.7 Å². The lowest BCUT2D eigenvalue weighted by atomic mass is 10.1. The first-order valence-electron chi connectivity index (χ1n) is 26.5. The number of imide groups is 1.